The van der Waals surface area contributed by atoms with Crippen molar-refractivity contribution in [3.8, 4) is 0 Å². The fourth-order valence-corrected chi connectivity index (χ4v) is 2.05. The normalized spacial score (nSPS) is 14.7. The molecule has 0 heterocycles. The van der Waals surface area contributed by atoms with Crippen LogP contribution in [0.15, 0.2) is 0 Å². The molecule has 0 aromatic rings. The Morgan fingerprint density at radius 1 is 1.15 bits per heavy atom. The molecule has 0 aliphatic carbocycles. The molecule has 120 valence electrons. The van der Waals surface area contributed by atoms with Crippen LogP contribution in [0.1, 0.15) is 60.3 Å². The number of amides is 1. The van der Waals surface area contributed by atoms with Gasteiger partial charge < -0.3 is 14.8 Å². The number of ether oxygens (including phenoxy) is 2. The Morgan fingerprint density at radius 2 is 1.80 bits per heavy atom. The summed E-state index contributed by atoms with van der Waals surface area (Å²) in [6.07, 6.45) is 4.37. The lowest BCUT2D eigenvalue weighted by molar-refractivity contribution is -0.0154. The number of hydrogen-bond donors (Lipinski definition) is 1. The molecule has 1 amide bonds. The predicted octanol–water partition coefficient (Wildman–Crippen LogP) is 4.30. The van der Waals surface area contributed by atoms with Crippen molar-refractivity contribution in [1.82, 2.24) is 5.32 Å². The molecule has 0 fully saturated rings. The summed E-state index contributed by atoms with van der Waals surface area (Å²) in [5, 5.41) is 2.79. The molecule has 0 radical (unpaired) electrons. The molecule has 0 saturated heterocycles. The first-order chi connectivity index (χ1) is 9.22. The molecule has 4 nitrogen and oxygen atoms in total. The van der Waals surface area contributed by atoms with Crippen LogP contribution in [0.25, 0.3) is 0 Å². The van der Waals surface area contributed by atoms with Crippen LogP contribution in [0.5, 0.6) is 0 Å². The first-order valence-electron chi connectivity index (χ1n) is 7.39. The number of carbonyl (C=O) groups excluding carboxylic acids is 1. The second-order valence-corrected chi connectivity index (χ2v) is 7.11. The average molecular weight is 399 g/mol. The summed E-state index contributed by atoms with van der Waals surface area (Å²) in [6.45, 7) is 11.0. The summed E-state index contributed by atoms with van der Waals surface area (Å²) in [5.74, 6) is 0. The zero-order valence-corrected chi connectivity index (χ0v) is 15.7. The van der Waals surface area contributed by atoms with Crippen LogP contribution in [-0.2, 0) is 9.47 Å². The minimum atomic E-state index is -0.466. The molecule has 20 heavy (non-hydrogen) atoms. The molecule has 1 N–H and O–H groups in total. The summed E-state index contributed by atoms with van der Waals surface area (Å²) in [5.41, 5.74) is -0.796. The van der Waals surface area contributed by atoms with Gasteiger partial charge in [-0.2, -0.15) is 0 Å². The van der Waals surface area contributed by atoms with Gasteiger partial charge in [-0.15, -0.1) is 0 Å². The van der Waals surface area contributed by atoms with Gasteiger partial charge in [0.1, 0.15) is 5.60 Å². The number of nitrogens with one attached hydrogen (secondary N) is 1. The maximum Gasteiger partial charge on any atom is 0.407 e. The fraction of sp³-hybridized carbons (Fsp3) is 0.933. The predicted molar refractivity (Wildman–Crippen MR) is 91.6 cm³/mol. The molecule has 0 aromatic carbocycles. The molecule has 0 aromatic heterocycles. The monoisotopic (exact) mass is 399 g/mol. The van der Waals surface area contributed by atoms with E-state index in [0.29, 0.717) is 6.54 Å². The largest absolute Gasteiger partial charge is 0.444 e. The van der Waals surface area contributed by atoms with Crippen molar-refractivity contribution in [1.29, 1.82) is 0 Å². The summed E-state index contributed by atoms with van der Waals surface area (Å²) in [6, 6.07) is 0. The molecule has 5 heteroatoms. The topological polar surface area (TPSA) is 47.6 Å². The van der Waals surface area contributed by atoms with Gasteiger partial charge in [0.25, 0.3) is 0 Å². The molecule has 0 spiro atoms. The lowest BCUT2D eigenvalue weighted by atomic mass is 10.1. The van der Waals surface area contributed by atoms with Crippen molar-refractivity contribution in [2.24, 2.45) is 0 Å². The van der Waals surface area contributed by atoms with Crippen LogP contribution >= 0.6 is 22.6 Å². The number of rotatable bonds is 9. The van der Waals surface area contributed by atoms with Gasteiger partial charge in [-0.1, -0.05) is 48.8 Å². The summed E-state index contributed by atoms with van der Waals surface area (Å²) in [4.78, 5) is 11.6. The highest BCUT2D eigenvalue weighted by Crippen LogP contribution is 2.15. The first-order valence-corrected chi connectivity index (χ1v) is 8.92. The van der Waals surface area contributed by atoms with E-state index in [2.05, 4.69) is 34.8 Å². The molecular weight excluding hydrogens is 369 g/mol. The van der Waals surface area contributed by atoms with Crippen LogP contribution in [0.3, 0.4) is 0 Å². The third-order valence-corrected chi connectivity index (χ3v) is 4.35. The first kappa shape index (κ1) is 20.0. The second-order valence-electron chi connectivity index (χ2n) is 6.35. The van der Waals surface area contributed by atoms with Crippen LogP contribution in [0.2, 0.25) is 0 Å². The fourth-order valence-electron chi connectivity index (χ4n) is 1.56. The van der Waals surface area contributed by atoms with Gasteiger partial charge in [0.05, 0.1) is 12.1 Å². The molecule has 0 bridgehead atoms. The smallest absolute Gasteiger partial charge is 0.407 e. The van der Waals surface area contributed by atoms with Crippen LogP contribution in [-0.4, -0.2) is 34.9 Å². The zero-order valence-electron chi connectivity index (χ0n) is 13.6. The minimum Gasteiger partial charge on any atom is -0.444 e. The second kappa shape index (κ2) is 9.82. The lowest BCUT2D eigenvalue weighted by Gasteiger charge is -2.29. The van der Waals surface area contributed by atoms with Crippen molar-refractivity contribution in [3.05, 3.63) is 0 Å². The van der Waals surface area contributed by atoms with Crippen molar-refractivity contribution in [2.75, 3.05) is 17.6 Å². The summed E-state index contributed by atoms with van der Waals surface area (Å²) in [7, 11) is 0. The maximum absolute atomic E-state index is 11.6. The Kier molecular flexibility index (Phi) is 9.80. The maximum atomic E-state index is 11.6. The zero-order chi connectivity index (χ0) is 15.6. The van der Waals surface area contributed by atoms with Gasteiger partial charge in [-0.3, -0.25) is 0 Å². The van der Waals surface area contributed by atoms with Crippen molar-refractivity contribution < 1.29 is 14.3 Å². The third kappa shape index (κ3) is 10.7. The van der Waals surface area contributed by atoms with E-state index in [4.69, 9.17) is 9.47 Å². The van der Waals surface area contributed by atoms with Gasteiger partial charge in [0, 0.05) is 11.0 Å². The Hall–Kier alpha value is -0.0400. The van der Waals surface area contributed by atoms with Crippen LogP contribution in [0, 0.1) is 0 Å². The molecule has 0 saturated carbocycles. The number of alkyl carbamates (subject to hydrolysis) is 1. The SMILES string of the molecule is CCCCCCOC(C)(CI)CNC(=O)OC(C)(C)C. The van der Waals surface area contributed by atoms with Crippen molar-refractivity contribution in [3.63, 3.8) is 0 Å². The highest BCUT2D eigenvalue weighted by molar-refractivity contribution is 14.1. The average Bonchev–Trinajstić information content (AvgIpc) is 2.34. The standard InChI is InChI=1S/C15H30INO3/c1-6-7-8-9-10-19-15(5,11-16)12-17-13(18)20-14(2,3)4/h6-12H2,1-5H3,(H,17,18). The highest BCUT2D eigenvalue weighted by Gasteiger charge is 2.25. The lowest BCUT2D eigenvalue weighted by Crippen LogP contribution is -2.45. The van der Waals surface area contributed by atoms with Crippen LogP contribution < -0.4 is 5.32 Å². The highest BCUT2D eigenvalue weighted by atomic mass is 127. The van der Waals surface area contributed by atoms with E-state index in [1.165, 1.54) is 19.3 Å². The minimum absolute atomic E-state index is 0.330. The Balaban J connectivity index is 4.01. The molecule has 1 atom stereocenters. The van der Waals surface area contributed by atoms with E-state index >= 15 is 0 Å². The van der Waals surface area contributed by atoms with E-state index in [0.717, 1.165) is 17.5 Å². The quantitative estimate of drug-likeness (QED) is 0.357. The van der Waals surface area contributed by atoms with Gasteiger partial charge in [0.2, 0.25) is 0 Å². The van der Waals surface area contributed by atoms with Crippen molar-refractivity contribution >= 4 is 28.7 Å². The van der Waals surface area contributed by atoms with Gasteiger partial charge in [0.15, 0.2) is 0 Å². The van der Waals surface area contributed by atoms with Gasteiger partial charge in [-0.05, 0) is 34.1 Å². The van der Waals surface area contributed by atoms with Gasteiger partial charge >= 0.3 is 6.09 Å². The number of unbranched alkanes of at least 4 members (excludes halogenated alkanes) is 3. The molecule has 0 rings (SSSR count). The molecule has 1 unspecified atom stereocenters. The number of alkyl halides is 1. The Labute approximate surface area is 137 Å². The third-order valence-electron chi connectivity index (χ3n) is 2.74. The van der Waals surface area contributed by atoms with E-state index in [1.807, 2.05) is 27.7 Å². The number of hydrogen-bond acceptors (Lipinski definition) is 3. The summed E-state index contributed by atoms with van der Waals surface area (Å²) < 4.78 is 12.0. The number of carbonyl (C=O) groups is 1. The van der Waals surface area contributed by atoms with Crippen LogP contribution in [0.4, 0.5) is 4.79 Å². The van der Waals surface area contributed by atoms with E-state index in [-0.39, 0.29) is 11.7 Å². The van der Waals surface area contributed by atoms with E-state index in [1.54, 1.807) is 0 Å². The molecule has 0 aliphatic rings. The van der Waals surface area contributed by atoms with E-state index < -0.39 is 5.60 Å². The Morgan fingerprint density at radius 3 is 2.30 bits per heavy atom. The molecular formula is C15H30INO3. The summed E-state index contributed by atoms with van der Waals surface area (Å²) >= 11 is 2.29. The Bertz CT molecular complexity index is 279. The van der Waals surface area contributed by atoms with Gasteiger partial charge in [-0.25, -0.2) is 4.79 Å². The van der Waals surface area contributed by atoms with Crippen molar-refractivity contribution in [2.45, 2.75) is 71.5 Å². The molecule has 0 aliphatic heterocycles. The van der Waals surface area contributed by atoms with E-state index in [9.17, 15) is 4.79 Å². The number of halogens is 1.